The molecule has 58 valence electrons. The maximum absolute atomic E-state index is 2.51. The molecule has 1 saturated heterocycles. The van der Waals surface area contributed by atoms with Gasteiger partial charge in [0.15, 0.2) is 0 Å². The molecule has 0 N–H and O–H groups in total. The zero-order chi connectivity index (χ0) is 7.42. The van der Waals surface area contributed by atoms with Gasteiger partial charge in [0, 0.05) is 12.1 Å². The summed E-state index contributed by atoms with van der Waals surface area (Å²) < 4.78 is 0. The zero-order valence-corrected chi connectivity index (χ0v) is 6.83. The highest BCUT2D eigenvalue weighted by atomic mass is 15.3. The summed E-state index contributed by atoms with van der Waals surface area (Å²) in [6.45, 7) is 0. The van der Waals surface area contributed by atoms with Gasteiger partial charge in [-0.05, 0) is 25.8 Å². The lowest BCUT2D eigenvalue weighted by Gasteiger charge is -2.16. The van der Waals surface area contributed by atoms with Crippen LogP contribution in [-0.2, 0) is 0 Å². The van der Waals surface area contributed by atoms with Gasteiger partial charge in [-0.25, -0.2) is 0 Å². The van der Waals surface area contributed by atoms with Crippen LogP contribution >= 0.6 is 0 Å². The first-order valence-corrected chi connectivity index (χ1v) is 4.45. The van der Waals surface area contributed by atoms with Crippen molar-refractivity contribution in [3.05, 3.63) is 23.8 Å². The van der Waals surface area contributed by atoms with Gasteiger partial charge in [-0.1, -0.05) is 23.8 Å². The van der Waals surface area contributed by atoms with Crippen molar-refractivity contribution in [2.75, 3.05) is 7.05 Å². The molecule has 1 heteroatoms. The number of hydrogen-bond acceptors (Lipinski definition) is 1. The van der Waals surface area contributed by atoms with E-state index < -0.39 is 0 Å². The molecule has 0 aromatic carbocycles. The van der Waals surface area contributed by atoms with Crippen molar-refractivity contribution in [3.8, 4) is 0 Å². The topological polar surface area (TPSA) is 3.01 Å². The van der Waals surface area contributed by atoms with Gasteiger partial charge in [-0.3, -0.25) is 4.90 Å². The van der Waals surface area contributed by atoms with Crippen molar-refractivity contribution in [2.24, 2.45) is 5.92 Å². The lowest BCUT2D eigenvalue weighted by molar-refractivity contribution is 0.556. The highest BCUT2D eigenvalue weighted by molar-refractivity contribution is 5.33. The van der Waals surface area contributed by atoms with E-state index in [1.54, 1.807) is 5.57 Å². The molecule has 4 unspecified atom stereocenters. The molecule has 0 radical (unpaired) electrons. The molecular formula is C10H13N. The first-order valence-electron chi connectivity index (χ1n) is 4.45. The van der Waals surface area contributed by atoms with Crippen molar-refractivity contribution in [1.29, 1.82) is 0 Å². The number of allylic oxidation sites excluding steroid dienone is 3. The number of nitrogens with zero attached hydrogens (tertiary/aromatic N) is 1. The van der Waals surface area contributed by atoms with Crippen molar-refractivity contribution >= 4 is 0 Å². The SMILES string of the molecule is CN1C2CC3=CC=CC3CC21. The van der Waals surface area contributed by atoms with Crippen molar-refractivity contribution in [3.63, 3.8) is 0 Å². The molecule has 11 heavy (non-hydrogen) atoms. The number of likely N-dealkylation sites (tertiary alicyclic amines) is 1. The second-order valence-electron chi connectivity index (χ2n) is 3.97. The molecule has 3 aliphatic rings. The van der Waals surface area contributed by atoms with Crippen LogP contribution in [-0.4, -0.2) is 24.0 Å². The van der Waals surface area contributed by atoms with Gasteiger partial charge >= 0.3 is 0 Å². The van der Waals surface area contributed by atoms with Crippen molar-refractivity contribution in [1.82, 2.24) is 4.90 Å². The van der Waals surface area contributed by atoms with E-state index in [0.717, 1.165) is 18.0 Å². The van der Waals surface area contributed by atoms with E-state index >= 15 is 0 Å². The van der Waals surface area contributed by atoms with Gasteiger partial charge < -0.3 is 0 Å². The van der Waals surface area contributed by atoms with Crippen molar-refractivity contribution in [2.45, 2.75) is 24.9 Å². The molecule has 1 nitrogen and oxygen atoms in total. The summed E-state index contributed by atoms with van der Waals surface area (Å²) in [6.07, 6.45) is 9.61. The fourth-order valence-electron chi connectivity index (χ4n) is 2.59. The molecule has 2 fully saturated rings. The van der Waals surface area contributed by atoms with E-state index in [4.69, 9.17) is 0 Å². The minimum atomic E-state index is 0.807. The van der Waals surface area contributed by atoms with Crippen LogP contribution in [0.2, 0.25) is 0 Å². The van der Waals surface area contributed by atoms with Crippen LogP contribution < -0.4 is 0 Å². The molecule has 2 aliphatic carbocycles. The largest absolute Gasteiger partial charge is 0.297 e. The number of hydrogen-bond donors (Lipinski definition) is 0. The van der Waals surface area contributed by atoms with E-state index in [2.05, 4.69) is 30.2 Å². The summed E-state index contributed by atoms with van der Waals surface area (Å²) in [5.74, 6) is 0.807. The molecule has 1 aliphatic heterocycles. The summed E-state index contributed by atoms with van der Waals surface area (Å²) in [6, 6.07) is 1.82. The third-order valence-electron chi connectivity index (χ3n) is 3.47. The average Bonchev–Trinajstić information content (AvgIpc) is 2.50. The third-order valence-corrected chi connectivity index (χ3v) is 3.47. The van der Waals surface area contributed by atoms with E-state index in [1.165, 1.54) is 12.8 Å². The smallest absolute Gasteiger partial charge is 0.0289 e. The van der Waals surface area contributed by atoms with Gasteiger partial charge in [0.25, 0.3) is 0 Å². The molecule has 3 rings (SSSR count). The van der Waals surface area contributed by atoms with Gasteiger partial charge in [-0.15, -0.1) is 0 Å². The lowest BCUT2D eigenvalue weighted by Crippen LogP contribution is -2.12. The Labute approximate surface area is 67.4 Å². The normalized spacial score (nSPS) is 51.5. The van der Waals surface area contributed by atoms with E-state index in [9.17, 15) is 0 Å². The summed E-state index contributed by atoms with van der Waals surface area (Å²) in [5.41, 5.74) is 1.68. The van der Waals surface area contributed by atoms with Crippen LogP contribution in [0.25, 0.3) is 0 Å². The van der Waals surface area contributed by atoms with Gasteiger partial charge in [-0.2, -0.15) is 0 Å². The van der Waals surface area contributed by atoms with E-state index in [0.29, 0.717) is 0 Å². The third kappa shape index (κ3) is 0.694. The van der Waals surface area contributed by atoms with Crippen LogP contribution in [0.3, 0.4) is 0 Å². The van der Waals surface area contributed by atoms with E-state index in [-0.39, 0.29) is 0 Å². The Morgan fingerprint density at radius 1 is 1.45 bits per heavy atom. The minimum Gasteiger partial charge on any atom is -0.297 e. The second-order valence-corrected chi connectivity index (χ2v) is 3.97. The molecule has 1 saturated carbocycles. The van der Waals surface area contributed by atoms with Crippen LogP contribution in [0, 0.1) is 5.92 Å². The molecule has 0 aromatic rings. The van der Waals surface area contributed by atoms with Crippen LogP contribution in [0.5, 0.6) is 0 Å². The monoisotopic (exact) mass is 147 g/mol. The lowest BCUT2D eigenvalue weighted by atomic mass is 9.87. The van der Waals surface area contributed by atoms with E-state index in [1.807, 2.05) is 0 Å². The maximum atomic E-state index is 2.51. The van der Waals surface area contributed by atoms with Gasteiger partial charge in [0.05, 0.1) is 0 Å². The van der Waals surface area contributed by atoms with Gasteiger partial charge in [0.2, 0.25) is 0 Å². The molecule has 0 aromatic heterocycles. The van der Waals surface area contributed by atoms with Crippen LogP contribution in [0.15, 0.2) is 23.8 Å². The first-order chi connectivity index (χ1) is 5.36. The number of likely N-dealkylation sites (N-methyl/N-ethyl adjacent to an activating group) is 1. The summed E-state index contributed by atoms with van der Waals surface area (Å²) in [5, 5.41) is 0. The Hall–Kier alpha value is -0.560. The molecule has 0 bridgehead atoms. The number of fused-ring (bicyclic) bond motifs is 2. The van der Waals surface area contributed by atoms with Crippen LogP contribution in [0.4, 0.5) is 0 Å². The predicted molar refractivity (Wildman–Crippen MR) is 45.3 cm³/mol. The second kappa shape index (κ2) is 1.78. The first kappa shape index (κ1) is 6.01. The van der Waals surface area contributed by atoms with Gasteiger partial charge in [0.1, 0.15) is 0 Å². The molecule has 0 amide bonds. The molecule has 1 heterocycles. The Morgan fingerprint density at radius 2 is 2.36 bits per heavy atom. The zero-order valence-electron chi connectivity index (χ0n) is 6.83. The average molecular weight is 147 g/mol. The summed E-state index contributed by atoms with van der Waals surface area (Å²) >= 11 is 0. The molecule has 0 spiro atoms. The fourth-order valence-corrected chi connectivity index (χ4v) is 2.59. The predicted octanol–water partition coefficient (Wildman–Crippen LogP) is 1.58. The Bertz CT molecular complexity index is 252. The van der Waals surface area contributed by atoms with Crippen LogP contribution in [0.1, 0.15) is 12.8 Å². The fraction of sp³-hybridized carbons (Fsp3) is 0.600. The van der Waals surface area contributed by atoms with Crippen molar-refractivity contribution < 1.29 is 0 Å². The minimum absolute atomic E-state index is 0.807. The molecular weight excluding hydrogens is 134 g/mol. The quantitative estimate of drug-likeness (QED) is 0.470. The standard InChI is InChI=1S/C10H13N/c1-11-9-5-7-3-2-4-8(7)6-10(9)11/h2-4,7,9-10H,5-6H2,1H3. The highest BCUT2D eigenvalue weighted by Gasteiger charge is 2.49. The number of rotatable bonds is 0. The molecule has 4 atom stereocenters. The summed E-state index contributed by atoms with van der Waals surface area (Å²) in [7, 11) is 2.25. The summed E-state index contributed by atoms with van der Waals surface area (Å²) in [4.78, 5) is 2.51. The Morgan fingerprint density at radius 3 is 3.27 bits per heavy atom. The Kier molecular flexibility index (Phi) is 0.972. The highest BCUT2D eigenvalue weighted by Crippen LogP contribution is 2.45. The Balaban J connectivity index is 1.87. The maximum Gasteiger partial charge on any atom is 0.0289 e.